The van der Waals surface area contributed by atoms with Crippen LogP contribution in [0.4, 0.5) is 5.69 Å². The van der Waals surface area contributed by atoms with E-state index < -0.39 is 5.41 Å². The van der Waals surface area contributed by atoms with E-state index >= 15 is 0 Å². The fraction of sp³-hybridized carbons (Fsp3) is 0.318. The first kappa shape index (κ1) is 17.3. The van der Waals surface area contributed by atoms with Crippen LogP contribution < -0.4 is 5.32 Å². The van der Waals surface area contributed by atoms with Gasteiger partial charge in [0.2, 0.25) is 5.91 Å². The quantitative estimate of drug-likeness (QED) is 0.645. The molecule has 134 valence electrons. The van der Waals surface area contributed by atoms with Crippen molar-refractivity contribution in [1.29, 1.82) is 0 Å². The Morgan fingerprint density at radius 1 is 1.08 bits per heavy atom. The molecule has 2 aromatic rings. The second-order valence-electron chi connectivity index (χ2n) is 7.23. The molecule has 0 aromatic heterocycles. The van der Waals surface area contributed by atoms with Crippen LogP contribution in [0.2, 0.25) is 0 Å². The van der Waals surface area contributed by atoms with Gasteiger partial charge in [0, 0.05) is 10.2 Å². The molecule has 1 amide bonds. The molecule has 4 heteroatoms. The number of halogens is 1. The SMILES string of the molecule is Cc1c(Br)ccc2c1NC(=O)C2(c1ccc(O)cc1)C1CCC=CCC1. The van der Waals surface area contributed by atoms with Crippen LogP contribution in [0.25, 0.3) is 0 Å². The first-order chi connectivity index (χ1) is 12.5. The molecule has 0 saturated carbocycles. The Morgan fingerprint density at radius 3 is 2.38 bits per heavy atom. The third-order valence-corrected chi connectivity index (χ3v) is 6.74. The monoisotopic (exact) mass is 411 g/mol. The summed E-state index contributed by atoms with van der Waals surface area (Å²) in [6.45, 7) is 2.03. The largest absolute Gasteiger partial charge is 0.508 e. The van der Waals surface area contributed by atoms with E-state index in [-0.39, 0.29) is 17.6 Å². The summed E-state index contributed by atoms with van der Waals surface area (Å²) >= 11 is 3.59. The molecule has 4 rings (SSSR count). The average molecular weight is 412 g/mol. The number of benzene rings is 2. The molecule has 0 radical (unpaired) electrons. The Labute approximate surface area is 162 Å². The van der Waals surface area contributed by atoms with Crippen molar-refractivity contribution in [2.75, 3.05) is 5.32 Å². The standard InChI is InChI=1S/C22H22BrNO2/c1-14-19(23)13-12-18-20(14)24-21(26)22(18,15-6-4-2-3-5-7-15)16-8-10-17(25)11-9-16/h2-3,8-13,15,25H,4-7H2,1H3,(H,24,26). The minimum Gasteiger partial charge on any atom is -0.508 e. The zero-order chi connectivity index (χ0) is 18.3. The number of carbonyl (C=O) groups excluding carboxylic acids is 1. The molecule has 0 saturated heterocycles. The van der Waals surface area contributed by atoms with Gasteiger partial charge in [0.15, 0.2) is 0 Å². The van der Waals surface area contributed by atoms with Crippen LogP contribution in [0, 0.1) is 12.8 Å². The smallest absolute Gasteiger partial charge is 0.239 e. The maximum Gasteiger partial charge on any atom is 0.239 e. The minimum atomic E-state index is -0.708. The maximum absolute atomic E-state index is 13.5. The number of carbonyl (C=O) groups is 1. The van der Waals surface area contributed by atoms with E-state index in [2.05, 4.69) is 39.5 Å². The number of phenolic OH excluding ortho intramolecular Hbond substituents is 1. The van der Waals surface area contributed by atoms with Gasteiger partial charge in [-0.05, 0) is 73.4 Å². The van der Waals surface area contributed by atoms with E-state index in [0.29, 0.717) is 0 Å². The summed E-state index contributed by atoms with van der Waals surface area (Å²) in [6.07, 6.45) is 8.38. The molecule has 3 nitrogen and oxygen atoms in total. The Balaban J connectivity index is 1.97. The predicted molar refractivity (Wildman–Crippen MR) is 107 cm³/mol. The highest BCUT2D eigenvalue weighted by Crippen LogP contribution is 2.53. The number of anilines is 1. The lowest BCUT2D eigenvalue weighted by Gasteiger charge is -2.36. The lowest BCUT2D eigenvalue weighted by Crippen LogP contribution is -2.43. The summed E-state index contributed by atoms with van der Waals surface area (Å²) in [5.41, 5.74) is 3.29. The van der Waals surface area contributed by atoms with Crippen molar-refractivity contribution in [3.8, 4) is 5.75 Å². The molecule has 0 fully saturated rings. The first-order valence-corrected chi connectivity index (χ1v) is 9.90. The van der Waals surface area contributed by atoms with Gasteiger partial charge in [-0.15, -0.1) is 0 Å². The van der Waals surface area contributed by atoms with Gasteiger partial charge in [0.25, 0.3) is 0 Å². The van der Waals surface area contributed by atoms with Crippen molar-refractivity contribution in [1.82, 2.24) is 0 Å². The van der Waals surface area contributed by atoms with E-state index in [1.54, 1.807) is 12.1 Å². The minimum absolute atomic E-state index is 0.0475. The van der Waals surface area contributed by atoms with Crippen molar-refractivity contribution in [2.24, 2.45) is 5.92 Å². The van der Waals surface area contributed by atoms with E-state index in [9.17, 15) is 9.90 Å². The Hall–Kier alpha value is -2.07. The molecule has 2 N–H and O–H groups in total. The molecule has 0 spiro atoms. The van der Waals surface area contributed by atoms with Crippen molar-refractivity contribution in [2.45, 2.75) is 38.0 Å². The summed E-state index contributed by atoms with van der Waals surface area (Å²) < 4.78 is 1.00. The van der Waals surface area contributed by atoms with E-state index in [1.807, 2.05) is 25.1 Å². The number of allylic oxidation sites excluding steroid dienone is 2. The van der Waals surface area contributed by atoms with Gasteiger partial charge in [0.1, 0.15) is 11.2 Å². The number of fused-ring (bicyclic) bond motifs is 1. The Kier molecular flexibility index (Phi) is 4.39. The van der Waals surface area contributed by atoms with Crippen molar-refractivity contribution < 1.29 is 9.90 Å². The lowest BCUT2D eigenvalue weighted by molar-refractivity contribution is -0.121. The molecule has 1 heterocycles. The van der Waals surface area contributed by atoms with E-state index in [4.69, 9.17) is 0 Å². The summed E-state index contributed by atoms with van der Waals surface area (Å²) in [5, 5.41) is 12.9. The summed E-state index contributed by atoms with van der Waals surface area (Å²) in [7, 11) is 0. The molecule has 2 aliphatic rings. The van der Waals surface area contributed by atoms with Crippen molar-refractivity contribution in [3.05, 3.63) is 69.7 Å². The van der Waals surface area contributed by atoms with Gasteiger partial charge in [-0.25, -0.2) is 0 Å². The van der Waals surface area contributed by atoms with Gasteiger partial charge < -0.3 is 10.4 Å². The van der Waals surface area contributed by atoms with Gasteiger partial charge in [0.05, 0.1) is 0 Å². The highest BCUT2D eigenvalue weighted by Gasteiger charge is 2.53. The van der Waals surface area contributed by atoms with Crippen LogP contribution >= 0.6 is 15.9 Å². The predicted octanol–water partition coefficient (Wildman–Crippen LogP) is 5.45. The number of hydrogen-bond donors (Lipinski definition) is 2. The van der Waals surface area contributed by atoms with Crippen LogP contribution in [0.5, 0.6) is 5.75 Å². The fourth-order valence-electron chi connectivity index (χ4n) is 4.57. The highest BCUT2D eigenvalue weighted by atomic mass is 79.9. The van der Waals surface area contributed by atoms with Crippen LogP contribution in [-0.4, -0.2) is 11.0 Å². The number of phenols is 1. The van der Waals surface area contributed by atoms with E-state index in [1.165, 1.54) is 0 Å². The number of amides is 1. The van der Waals surface area contributed by atoms with Gasteiger partial charge in [-0.1, -0.05) is 46.3 Å². The number of rotatable bonds is 2. The highest BCUT2D eigenvalue weighted by molar-refractivity contribution is 9.10. The lowest BCUT2D eigenvalue weighted by atomic mass is 9.64. The normalized spacial score (nSPS) is 22.8. The van der Waals surface area contributed by atoms with Gasteiger partial charge in [-0.2, -0.15) is 0 Å². The molecule has 1 atom stereocenters. The van der Waals surface area contributed by atoms with Crippen LogP contribution in [-0.2, 0) is 10.2 Å². The summed E-state index contributed by atoms with van der Waals surface area (Å²) in [6, 6.07) is 11.3. The van der Waals surface area contributed by atoms with Gasteiger partial charge >= 0.3 is 0 Å². The molecule has 26 heavy (non-hydrogen) atoms. The molecule has 1 aliphatic carbocycles. The van der Waals surface area contributed by atoms with E-state index in [0.717, 1.165) is 52.5 Å². The molecule has 2 aromatic carbocycles. The van der Waals surface area contributed by atoms with Crippen LogP contribution in [0.1, 0.15) is 42.4 Å². The molecular formula is C22H22BrNO2. The van der Waals surface area contributed by atoms with Crippen LogP contribution in [0.15, 0.2) is 53.0 Å². The second kappa shape index (κ2) is 6.58. The summed E-state index contributed by atoms with van der Waals surface area (Å²) in [4.78, 5) is 13.5. The topological polar surface area (TPSA) is 49.3 Å². The zero-order valence-corrected chi connectivity index (χ0v) is 16.3. The second-order valence-corrected chi connectivity index (χ2v) is 8.08. The molecular weight excluding hydrogens is 390 g/mol. The van der Waals surface area contributed by atoms with Gasteiger partial charge in [-0.3, -0.25) is 4.79 Å². The number of hydrogen-bond acceptors (Lipinski definition) is 2. The maximum atomic E-state index is 13.5. The third kappa shape index (κ3) is 2.50. The van der Waals surface area contributed by atoms with Crippen LogP contribution in [0.3, 0.4) is 0 Å². The number of nitrogens with one attached hydrogen (secondary N) is 1. The molecule has 1 aliphatic heterocycles. The number of aromatic hydroxyl groups is 1. The molecule has 0 bridgehead atoms. The van der Waals surface area contributed by atoms with Crippen molar-refractivity contribution in [3.63, 3.8) is 0 Å². The fourth-order valence-corrected chi connectivity index (χ4v) is 4.90. The molecule has 1 unspecified atom stereocenters. The first-order valence-electron chi connectivity index (χ1n) is 9.10. The summed E-state index contributed by atoms with van der Waals surface area (Å²) in [5.74, 6) is 0.479. The third-order valence-electron chi connectivity index (χ3n) is 5.89. The Bertz CT molecular complexity index is 878. The Morgan fingerprint density at radius 2 is 1.73 bits per heavy atom. The average Bonchev–Trinajstić information content (AvgIpc) is 2.80. The van der Waals surface area contributed by atoms with Crippen molar-refractivity contribution >= 4 is 27.5 Å². The zero-order valence-electron chi connectivity index (χ0n) is 14.8.